The number of carbonyl (C=O) groups is 2. The van der Waals surface area contributed by atoms with E-state index in [-0.39, 0.29) is 24.1 Å². The Labute approximate surface area is 209 Å². The summed E-state index contributed by atoms with van der Waals surface area (Å²) >= 11 is 10.6. The average Bonchev–Trinajstić information content (AvgIpc) is 3.21. The molecule has 0 bridgehead atoms. The quantitative estimate of drug-likeness (QED) is 0.193. The van der Waals surface area contributed by atoms with Gasteiger partial charge in [0.2, 0.25) is 11.7 Å². The van der Waals surface area contributed by atoms with Crippen molar-refractivity contribution in [2.24, 2.45) is 0 Å². The number of halogens is 2. The molecular formula is C25H20BrClN2O3S. The number of hydrogen-bond acceptors (Lipinski definition) is 4. The Morgan fingerprint density at radius 3 is 2.39 bits per heavy atom. The van der Waals surface area contributed by atoms with Gasteiger partial charge in [0.1, 0.15) is 16.5 Å². The van der Waals surface area contributed by atoms with Crippen molar-refractivity contribution in [2.75, 3.05) is 17.7 Å². The van der Waals surface area contributed by atoms with Gasteiger partial charge >= 0.3 is 0 Å². The van der Waals surface area contributed by atoms with E-state index in [1.807, 2.05) is 72.8 Å². The molecule has 0 aliphatic heterocycles. The molecule has 0 spiro atoms. The van der Waals surface area contributed by atoms with Gasteiger partial charge in [-0.25, -0.2) is 0 Å². The van der Waals surface area contributed by atoms with Crippen molar-refractivity contribution in [1.29, 1.82) is 0 Å². The van der Waals surface area contributed by atoms with E-state index < -0.39 is 11.2 Å². The lowest BCUT2D eigenvalue weighted by Crippen LogP contribution is -2.27. The Morgan fingerprint density at radius 1 is 0.970 bits per heavy atom. The van der Waals surface area contributed by atoms with Crippen LogP contribution in [0.1, 0.15) is 21.4 Å². The van der Waals surface area contributed by atoms with Crippen LogP contribution in [-0.4, -0.2) is 24.2 Å². The largest absolute Gasteiger partial charge is 0.449 e. The molecule has 0 fully saturated rings. The van der Waals surface area contributed by atoms with Gasteiger partial charge in [-0.1, -0.05) is 58.4 Å². The van der Waals surface area contributed by atoms with Gasteiger partial charge in [0.15, 0.2) is 0 Å². The Kier molecular flexibility index (Phi) is 7.75. The standard InChI is InChI=1S/C25H20BrClN2O3S/c26-17-10-12-18(13-11-17)33-23(16-6-2-1-3-7-16)25(31)29-21-19-8-4-5-9-20(19)32-22(21)24(30)28-15-14-27/h1-13,23H,14-15H2,(H,28,30)(H,29,31). The number of amides is 2. The minimum Gasteiger partial charge on any atom is -0.449 e. The second kappa shape index (κ2) is 10.9. The fourth-order valence-corrected chi connectivity index (χ4v) is 4.69. The van der Waals surface area contributed by atoms with Gasteiger partial charge < -0.3 is 15.1 Å². The molecule has 1 atom stereocenters. The van der Waals surface area contributed by atoms with Crippen molar-refractivity contribution in [2.45, 2.75) is 10.1 Å². The number of para-hydroxylation sites is 1. The Hall–Kier alpha value is -2.74. The van der Waals surface area contributed by atoms with Crippen LogP contribution in [0, 0.1) is 0 Å². The summed E-state index contributed by atoms with van der Waals surface area (Å²) in [6.45, 7) is 0.289. The molecule has 3 aromatic carbocycles. The number of nitrogens with one attached hydrogen (secondary N) is 2. The molecule has 168 valence electrons. The fraction of sp³-hybridized carbons (Fsp3) is 0.120. The first-order valence-electron chi connectivity index (χ1n) is 10.2. The molecule has 0 radical (unpaired) electrons. The van der Waals surface area contributed by atoms with E-state index in [4.69, 9.17) is 16.0 Å². The summed E-state index contributed by atoms with van der Waals surface area (Å²) in [6, 6.07) is 24.5. The number of benzene rings is 3. The first-order chi connectivity index (χ1) is 16.1. The second-order valence-electron chi connectivity index (χ2n) is 7.10. The molecule has 1 aromatic heterocycles. The Bertz CT molecular complexity index is 1260. The van der Waals surface area contributed by atoms with Crippen LogP contribution in [0.3, 0.4) is 0 Å². The number of alkyl halides is 1. The Morgan fingerprint density at radius 2 is 1.67 bits per heavy atom. The first-order valence-corrected chi connectivity index (χ1v) is 12.4. The van der Waals surface area contributed by atoms with Gasteiger partial charge in [-0.2, -0.15) is 0 Å². The van der Waals surface area contributed by atoms with Gasteiger partial charge in [-0.3, -0.25) is 9.59 Å². The van der Waals surface area contributed by atoms with Crippen LogP contribution in [-0.2, 0) is 4.79 Å². The van der Waals surface area contributed by atoms with E-state index in [1.165, 1.54) is 11.8 Å². The highest BCUT2D eigenvalue weighted by Crippen LogP contribution is 2.38. The number of furan rings is 1. The third-order valence-electron chi connectivity index (χ3n) is 4.84. The van der Waals surface area contributed by atoms with Gasteiger partial charge in [0, 0.05) is 27.2 Å². The summed E-state index contributed by atoms with van der Waals surface area (Å²) < 4.78 is 6.76. The van der Waals surface area contributed by atoms with Crippen LogP contribution in [0.25, 0.3) is 11.0 Å². The molecule has 33 heavy (non-hydrogen) atoms. The molecule has 0 saturated heterocycles. The van der Waals surface area contributed by atoms with Crippen LogP contribution in [0.5, 0.6) is 0 Å². The zero-order chi connectivity index (χ0) is 23.2. The predicted octanol–water partition coefficient (Wildman–Crippen LogP) is 6.64. The van der Waals surface area contributed by atoms with Crippen molar-refractivity contribution in [1.82, 2.24) is 5.32 Å². The number of carbonyl (C=O) groups excluding carboxylic acids is 2. The van der Waals surface area contributed by atoms with Crippen molar-refractivity contribution < 1.29 is 14.0 Å². The molecule has 2 amide bonds. The van der Waals surface area contributed by atoms with Crippen molar-refractivity contribution in [3.05, 3.63) is 94.7 Å². The molecule has 1 heterocycles. The number of rotatable bonds is 8. The number of thioether (sulfide) groups is 1. The number of hydrogen-bond donors (Lipinski definition) is 2. The molecule has 8 heteroatoms. The minimum absolute atomic E-state index is 0.0510. The molecule has 0 saturated carbocycles. The smallest absolute Gasteiger partial charge is 0.289 e. The van der Waals surface area contributed by atoms with Gasteiger partial charge in [0.05, 0.1) is 0 Å². The first kappa shape index (κ1) is 23.4. The molecule has 4 aromatic rings. The highest BCUT2D eigenvalue weighted by molar-refractivity contribution is 9.10. The van der Waals surface area contributed by atoms with Crippen LogP contribution in [0.2, 0.25) is 0 Å². The molecular weight excluding hydrogens is 524 g/mol. The monoisotopic (exact) mass is 542 g/mol. The SMILES string of the molecule is O=C(NCCCl)c1oc2ccccc2c1NC(=O)C(Sc1ccc(Br)cc1)c1ccccc1. The van der Waals surface area contributed by atoms with Gasteiger partial charge in [-0.15, -0.1) is 23.4 Å². The summed E-state index contributed by atoms with van der Waals surface area (Å²) in [5.41, 5.74) is 1.71. The van der Waals surface area contributed by atoms with Crippen LogP contribution >= 0.6 is 39.3 Å². The van der Waals surface area contributed by atoms with E-state index in [9.17, 15) is 9.59 Å². The number of anilines is 1. The maximum absolute atomic E-state index is 13.6. The maximum atomic E-state index is 13.6. The summed E-state index contributed by atoms with van der Waals surface area (Å²) in [7, 11) is 0. The molecule has 5 nitrogen and oxygen atoms in total. The molecule has 0 aliphatic carbocycles. The van der Waals surface area contributed by atoms with Gasteiger partial charge in [-0.05, 0) is 42.0 Å². The third-order valence-corrected chi connectivity index (χ3v) is 6.82. The third kappa shape index (κ3) is 5.61. The van der Waals surface area contributed by atoms with Crippen LogP contribution < -0.4 is 10.6 Å². The zero-order valence-electron chi connectivity index (χ0n) is 17.4. The normalized spacial score (nSPS) is 11.8. The van der Waals surface area contributed by atoms with E-state index in [1.54, 1.807) is 6.07 Å². The highest BCUT2D eigenvalue weighted by atomic mass is 79.9. The van der Waals surface area contributed by atoms with E-state index in [0.717, 1.165) is 14.9 Å². The van der Waals surface area contributed by atoms with E-state index in [0.29, 0.717) is 16.7 Å². The lowest BCUT2D eigenvalue weighted by atomic mass is 10.1. The summed E-state index contributed by atoms with van der Waals surface area (Å²) in [5, 5.41) is 5.78. The average molecular weight is 544 g/mol. The highest BCUT2D eigenvalue weighted by Gasteiger charge is 2.27. The summed E-state index contributed by atoms with van der Waals surface area (Å²) in [5.74, 6) is -0.366. The van der Waals surface area contributed by atoms with E-state index >= 15 is 0 Å². The lowest BCUT2D eigenvalue weighted by Gasteiger charge is -2.17. The van der Waals surface area contributed by atoms with Crippen molar-refractivity contribution >= 4 is 67.8 Å². The van der Waals surface area contributed by atoms with Crippen molar-refractivity contribution in [3.8, 4) is 0 Å². The maximum Gasteiger partial charge on any atom is 0.289 e. The number of fused-ring (bicyclic) bond motifs is 1. The van der Waals surface area contributed by atoms with Crippen molar-refractivity contribution in [3.63, 3.8) is 0 Å². The van der Waals surface area contributed by atoms with Gasteiger partial charge in [0.25, 0.3) is 5.91 Å². The zero-order valence-corrected chi connectivity index (χ0v) is 20.5. The van der Waals surface area contributed by atoms with Crippen LogP contribution in [0.4, 0.5) is 5.69 Å². The summed E-state index contributed by atoms with van der Waals surface area (Å²) in [4.78, 5) is 27.2. The second-order valence-corrected chi connectivity index (χ2v) is 9.57. The lowest BCUT2D eigenvalue weighted by molar-refractivity contribution is -0.115. The summed E-state index contributed by atoms with van der Waals surface area (Å²) in [6.07, 6.45) is 0. The Balaban J connectivity index is 1.69. The van der Waals surface area contributed by atoms with E-state index in [2.05, 4.69) is 26.6 Å². The molecule has 0 aliphatic rings. The topological polar surface area (TPSA) is 71.3 Å². The molecule has 1 unspecified atom stereocenters. The minimum atomic E-state index is -0.542. The fourth-order valence-electron chi connectivity index (χ4n) is 3.31. The molecule has 4 rings (SSSR count). The van der Waals surface area contributed by atoms with Crippen LogP contribution in [0.15, 0.2) is 92.6 Å². The predicted molar refractivity (Wildman–Crippen MR) is 137 cm³/mol. The molecule has 2 N–H and O–H groups in total.